The van der Waals surface area contributed by atoms with Crippen LogP contribution in [-0.4, -0.2) is 45.0 Å². The van der Waals surface area contributed by atoms with Crippen LogP contribution in [0.25, 0.3) is 11.3 Å². The maximum atomic E-state index is 11.9. The van der Waals surface area contributed by atoms with Gasteiger partial charge in [0.1, 0.15) is 6.54 Å². The Hall–Kier alpha value is -3.70. The van der Waals surface area contributed by atoms with Crippen LogP contribution >= 0.6 is 0 Å². The van der Waals surface area contributed by atoms with Gasteiger partial charge in [0, 0.05) is 51.3 Å². The average Bonchev–Trinajstić information content (AvgIpc) is 2.84. The molecule has 0 saturated carbocycles. The van der Waals surface area contributed by atoms with Gasteiger partial charge >= 0.3 is 0 Å². The number of aromatic nitrogens is 2. The summed E-state index contributed by atoms with van der Waals surface area (Å²) in [6, 6.07) is 22.1. The Bertz CT molecular complexity index is 1070. The molecule has 2 heterocycles. The fourth-order valence-corrected chi connectivity index (χ4v) is 5.19. The van der Waals surface area contributed by atoms with Gasteiger partial charge in [0.25, 0.3) is 5.91 Å². The van der Waals surface area contributed by atoms with Crippen molar-refractivity contribution in [3.05, 3.63) is 66.4 Å². The molecular formula is C23H24N6OSi. The van der Waals surface area contributed by atoms with E-state index in [-0.39, 0.29) is 22.0 Å². The minimum Gasteiger partial charge on any atom is -0.372 e. The van der Waals surface area contributed by atoms with Gasteiger partial charge in [0.15, 0.2) is 0 Å². The highest BCUT2D eigenvalue weighted by Crippen LogP contribution is 2.23. The van der Waals surface area contributed by atoms with Crippen LogP contribution in [0.1, 0.15) is 10.4 Å². The van der Waals surface area contributed by atoms with Gasteiger partial charge in [-0.05, 0) is 54.6 Å². The third-order valence-electron chi connectivity index (χ3n) is 5.27. The predicted molar refractivity (Wildman–Crippen MR) is 126 cm³/mol. The zero-order valence-electron chi connectivity index (χ0n) is 17.2. The zero-order valence-corrected chi connectivity index (χ0v) is 18.6. The number of nitrogens with zero attached hydrogens (tertiary/aromatic N) is 4. The molecule has 156 valence electrons. The lowest BCUT2D eigenvalue weighted by Crippen LogP contribution is -2.31. The molecule has 1 saturated heterocycles. The van der Waals surface area contributed by atoms with E-state index in [1.54, 1.807) is 18.3 Å². The molecule has 0 aliphatic carbocycles. The number of carbonyl (C=O) groups excluding carboxylic acids is 1. The van der Waals surface area contributed by atoms with Crippen molar-refractivity contribution in [2.24, 2.45) is 0 Å². The first-order valence-corrected chi connectivity index (χ1v) is 12.4. The molecule has 1 aliphatic heterocycles. The number of carbonyl (C=O) groups is 1. The van der Waals surface area contributed by atoms with Gasteiger partial charge in [-0.25, -0.2) is 9.97 Å². The highest BCUT2D eigenvalue weighted by atomic mass is 28.2. The second kappa shape index (κ2) is 9.87. The summed E-state index contributed by atoms with van der Waals surface area (Å²) in [6.45, 7) is 2.36. The Morgan fingerprint density at radius 2 is 1.81 bits per heavy atom. The van der Waals surface area contributed by atoms with Gasteiger partial charge in [0.05, 0.1) is 11.8 Å². The minimum absolute atomic E-state index is 0.0118. The summed E-state index contributed by atoms with van der Waals surface area (Å²) in [4.78, 5) is 23.3. The van der Waals surface area contributed by atoms with Crippen LogP contribution in [0.3, 0.4) is 0 Å². The number of benzene rings is 2. The van der Waals surface area contributed by atoms with Gasteiger partial charge < -0.3 is 15.5 Å². The van der Waals surface area contributed by atoms with E-state index in [9.17, 15) is 4.79 Å². The quantitative estimate of drug-likeness (QED) is 0.463. The SMILES string of the molecule is N#CCNC(=O)c1ccc(-c2ccnc(Nc3ccc(N4CC[SiH2]CC4)cc3)n2)cc1. The molecule has 8 heteroatoms. The summed E-state index contributed by atoms with van der Waals surface area (Å²) in [5.74, 6) is 0.248. The molecule has 0 radical (unpaired) electrons. The molecule has 2 N–H and O–H groups in total. The highest BCUT2D eigenvalue weighted by molar-refractivity contribution is 6.36. The molecule has 0 atom stereocenters. The summed E-state index contributed by atoms with van der Waals surface area (Å²) in [6.07, 6.45) is 1.71. The highest BCUT2D eigenvalue weighted by Gasteiger charge is 2.11. The van der Waals surface area contributed by atoms with Crippen LogP contribution in [0.4, 0.5) is 17.3 Å². The standard InChI is InChI=1S/C23H24N6OSi/c24-10-12-25-22(30)18-3-1-17(2-4-18)21-9-11-26-23(28-21)27-19-5-7-20(8-6-19)29-13-15-31-16-14-29/h1-9,11H,12-16,31H2,(H,25,30)(H,26,27,28). The largest absolute Gasteiger partial charge is 0.372 e. The Labute approximate surface area is 184 Å². The van der Waals surface area contributed by atoms with Crippen LogP contribution in [0.15, 0.2) is 60.8 Å². The number of nitriles is 1. The van der Waals surface area contributed by atoms with Gasteiger partial charge in [0.2, 0.25) is 5.95 Å². The van der Waals surface area contributed by atoms with E-state index in [0.717, 1.165) is 16.9 Å². The molecule has 1 amide bonds. The fourth-order valence-electron chi connectivity index (χ4n) is 3.63. The van der Waals surface area contributed by atoms with Crippen molar-refractivity contribution in [1.29, 1.82) is 5.26 Å². The van der Waals surface area contributed by atoms with E-state index in [4.69, 9.17) is 5.26 Å². The number of hydrogen-bond acceptors (Lipinski definition) is 6. The smallest absolute Gasteiger partial charge is 0.252 e. The third kappa shape index (κ3) is 5.27. The normalized spacial score (nSPS) is 13.3. The molecule has 2 aromatic carbocycles. The minimum atomic E-state index is -0.270. The van der Waals surface area contributed by atoms with Gasteiger partial charge in [-0.1, -0.05) is 12.1 Å². The predicted octanol–water partition coefficient (Wildman–Crippen LogP) is 2.97. The molecule has 0 spiro atoms. The van der Waals surface area contributed by atoms with Crippen molar-refractivity contribution in [2.45, 2.75) is 12.1 Å². The number of hydrogen-bond donors (Lipinski definition) is 2. The lowest BCUT2D eigenvalue weighted by molar-refractivity contribution is 0.0958. The van der Waals surface area contributed by atoms with Crippen LogP contribution in [0.5, 0.6) is 0 Å². The molecule has 4 rings (SSSR count). The summed E-state index contributed by atoms with van der Waals surface area (Å²) in [7, 11) is 0.186. The van der Waals surface area contributed by atoms with Crippen molar-refractivity contribution >= 4 is 32.7 Å². The average molecular weight is 429 g/mol. The summed E-state index contributed by atoms with van der Waals surface area (Å²) in [5, 5.41) is 14.4. The second-order valence-electron chi connectivity index (χ2n) is 7.40. The Morgan fingerprint density at radius 3 is 2.52 bits per heavy atom. The first-order chi connectivity index (χ1) is 15.2. The first kappa shape index (κ1) is 20.6. The number of nitrogens with one attached hydrogen (secondary N) is 2. The molecule has 0 unspecified atom stereocenters. The topological polar surface area (TPSA) is 93.9 Å². The van der Waals surface area contributed by atoms with Gasteiger partial charge in [-0.15, -0.1) is 0 Å². The Balaban J connectivity index is 1.43. The Kier molecular flexibility index (Phi) is 6.55. The zero-order chi connectivity index (χ0) is 21.5. The maximum Gasteiger partial charge on any atom is 0.252 e. The lowest BCUT2D eigenvalue weighted by atomic mass is 10.1. The lowest BCUT2D eigenvalue weighted by Gasteiger charge is -2.28. The first-order valence-electron chi connectivity index (χ1n) is 10.4. The molecule has 31 heavy (non-hydrogen) atoms. The van der Waals surface area contributed by atoms with Crippen molar-refractivity contribution in [3.8, 4) is 17.3 Å². The molecule has 1 fully saturated rings. The van der Waals surface area contributed by atoms with Crippen LogP contribution in [0, 0.1) is 11.3 Å². The molecule has 1 aromatic heterocycles. The van der Waals surface area contributed by atoms with Crippen molar-refractivity contribution in [2.75, 3.05) is 29.9 Å². The van der Waals surface area contributed by atoms with Crippen LogP contribution in [-0.2, 0) is 0 Å². The van der Waals surface area contributed by atoms with Gasteiger partial charge in [-0.2, -0.15) is 5.26 Å². The summed E-state index contributed by atoms with van der Waals surface area (Å²) >= 11 is 0. The number of amides is 1. The molecule has 7 nitrogen and oxygen atoms in total. The number of rotatable bonds is 6. The molecular weight excluding hydrogens is 404 g/mol. The van der Waals surface area contributed by atoms with E-state index in [1.807, 2.05) is 24.3 Å². The van der Waals surface area contributed by atoms with E-state index < -0.39 is 0 Å². The molecule has 3 aromatic rings. The van der Waals surface area contributed by atoms with E-state index in [1.165, 1.54) is 30.9 Å². The molecule has 1 aliphatic rings. The van der Waals surface area contributed by atoms with E-state index in [2.05, 4.69) is 49.8 Å². The van der Waals surface area contributed by atoms with Crippen molar-refractivity contribution in [1.82, 2.24) is 15.3 Å². The maximum absolute atomic E-state index is 11.9. The molecule has 0 bridgehead atoms. The van der Waals surface area contributed by atoms with E-state index in [0.29, 0.717) is 11.5 Å². The fraction of sp³-hybridized carbons (Fsp3) is 0.217. The number of anilines is 3. The van der Waals surface area contributed by atoms with Crippen molar-refractivity contribution < 1.29 is 4.79 Å². The summed E-state index contributed by atoms with van der Waals surface area (Å²) in [5.41, 5.74) is 4.36. The second-order valence-corrected chi connectivity index (χ2v) is 9.52. The van der Waals surface area contributed by atoms with Crippen LogP contribution in [0.2, 0.25) is 12.1 Å². The third-order valence-corrected chi connectivity index (χ3v) is 6.90. The Morgan fingerprint density at radius 1 is 1.06 bits per heavy atom. The van der Waals surface area contributed by atoms with E-state index >= 15 is 0 Å². The van der Waals surface area contributed by atoms with Gasteiger partial charge in [-0.3, -0.25) is 4.79 Å². The van der Waals surface area contributed by atoms with Crippen LogP contribution < -0.4 is 15.5 Å². The monoisotopic (exact) mass is 428 g/mol. The summed E-state index contributed by atoms with van der Waals surface area (Å²) < 4.78 is 0. The van der Waals surface area contributed by atoms with Crippen molar-refractivity contribution in [3.63, 3.8) is 0 Å².